The molecule has 0 spiro atoms. The predicted octanol–water partition coefficient (Wildman–Crippen LogP) is 2.97. The molecule has 15 heavy (non-hydrogen) atoms. The normalized spacial score (nSPS) is 28.1. The smallest absolute Gasteiger partial charge is 0.0586 e. The van der Waals surface area contributed by atoms with E-state index in [1.165, 1.54) is 18.4 Å². The molecule has 0 aromatic carbocycles. The topological polar surface area (TPSA) is 21.3 Å². The van der Waals surface area contributed by atoms with Crippen LogP contribution < -0.4 is 5.32 Å². The fourth-order valence-corrected chi connectivity index (χ4v) is 3.03. The molecule has 1 fully saturated rings. The van der Waals surface area contributed by atoms with Crippen LogP contribution in [0.3, 0.4) is 0 Å². The molecule has 1 N–H and O–H groups in total. The minimum absolute atomic E-state index is 0.469. The molecule has 1 heterocycles. The lowest BCUT2D eigenvalue weighted by Crippen LogP contribution is -2.29. The first-order valence-corrected chi connectivity index (χ1v) is 6.55. The summed E-state index contributed by atoms with van der Waals surface area (Å²) in [5.41, 5.74) is 1.40. The summed E-state index contributed by atoms with van der Waals surface area (Å²) in [5.74, 6) is 0. The van der Waals surface area contributed by atoms with Gasteiger partial charge in [-0.25, -0.2) is 0 Å². The number of thiophene rings is 1. The van der Waals surface area contributed by atoms with Gasteiger partial charge < -0.3 is 10.1 Å². The number of hydrogen-bond donors (Lipinski definition) is 1. The number of hydrogen-bond acceptors (Lipinski definition) is 3. The third kappa shape index (κ3) is 2.80. The molecule has 0 saturated heterocycles. The summed E-state index contributed by atoms with van der Waals surface area (Å²) < 4.78 is 5.38. The Kier molecular flexibility index (Phi) is 3.78. The monoisotopic (exact) mass is 225 g/mol. The van der Waals surface area contributed by atoms with Gasteiger partial charge in [-0.15, -0.1) is 0 Å². The fraction of sp³-hybridized carbons (Fsp3) is 0.667. The maximum Gasteiger partial charge on any atom is 0.0586 e. The van der Waals surface area contributed by atoms with Crippen molar-refractivity contribution in [2.75, 3.05) is 7.11 Å². The van der Waals surface area contributed by atoms with E-state index in [0.717, 1.165) is 6.42 Å². The van der Waals surface area contributed by atoms with Crippen molar-refractivity contribution in [2.24, 2.45) is 0 Å². The van der Waals surface area contributed by atoms with E-state index in [2.05, 4.69) is 29.1 Å². The Hall–Kier alpha value is -0.380. The van der Waals surface area contributed by atoms with Crippen LogP contribution in [0.1, 0.15) is 37.8 Å². The van der Waals surface area contributed by atoms with E-state index in [4.69, 9.17) is 4.74 Å². The van der Waals surface area contributed by atoms with Gasteiger partial charge in [0.25, 0.3) is 0 Å². The molecule has 0 aliphatic heterocycles. The van der Waals surface area contributed by atoms with Crippen molar-refractivity contribution in [1.29, 1.82) is 0 Å². The van der Waals surface area contributed by atoms with Gasteiger partial charge in [0.2, 0.25) is 0 Å². The second-order valence-corrected chi connectivity index (χ2v) is 5.09. The summed E-state index contributed by atoms with van der Waals surface area (Å²) in [4.78, 5) is 0. The van der Waals surface area contributed by atoms with Crippen molar-refractivity contribution in [2.45, 2.75) is 44.4 Å². The van der Waals surface area contributed by atoms with Gasteiger partial charge in [0, 0.05) is 19.2 Å². The van der Waals surface area contributed by atoms with Crippen LogP contribution in [0.2, 0.25) is 0 Å². The Bertz CT molecular complexity index is 286. The highest BCUT2D eigenvalue weighted by atomic mass is 32.1. The van der Waals surface area contributed by atoms with Crippen LogP contribution in [0.5, 0.6) is 0 Å². The molecular weight excluding hydrogens is 206 g/mol. The molecule has 0 radical (unpaired) electrons. The van der Waals surface area contributed by atoms with Gasteiger partial charge in [-0.05, 0) is 48.6 Å². The molecule has 3 atom stereocenters. The third-order valence-electron chi connectivity index (χ3n) is 3.25. The molecule has 2 rings (SSSR count). The Balaban J connectivity index is 1.83. The van der Waals surface area contributed by atoms with Gasteiger partial charge in [-0.1, -0.05) is 0 Å². The van der Waals surface area contributed by atoms with E-state index in [0.29, 0.717) is 18.2 Å². The molecule has 84 valence electrons. The average molecular weight is 225 g/mol. The molecule has 0 bridgehead atoms. The second-order valence-electron chi connectivity index (χ2n) is 4.31. The molecule has 1 aromatic heterocycles. The number of methoxy groups -OCH3 is 1. The van der Waals surface area contributed by atoms with Gasteiger partial charge >= 0.3 is 0 Å². The zero-order valence-corrected chi connectivity index (χ0v) is 10.2. The molecule has 1 aromatic rings. The van der Waals surface area contributed by atoms with E-state index in [1.807, 2.05) is 7.11 Å². The predicted molar refractivity (Wildman–Crippen MR) is 64.3 cm³/mol. The third-order valence-corrected chi connectivity index (χ3v) is 3.95. The minimum atomic E-state index is 0.469. The van der Waals surface area contributed by atoms with E-state index in [9.17, 15) is 0 Å². The van der Waals surface area contributed by atoms with E-state index < -0.39 is 0 Å². The minimum Gasteiger partial charge on any atom is -0.381 e. The maximum atomic E-state index is 5.38. The summed E-state index contributed by atoms with van der Waals surface area (Å²) >= 11 is 1.77. The van der Waals surface area contributed by atoms with Crippen molar-refractivity contribution >= 4 is 11.3 Å². The summed E-state index contributed by atoms with van der Waals surface area (Å²) in [7, 11) is 1.81. The molecule has 1 saturated carbocycles. The van der Waals surface area contributed by atoms with Crippen molar-refractivity contribution in [3.8, 4) is 0 Å². The maximum absolute atomic E-state index is 5.38. The van der Waals surface area contributed by atoms with Crippen molar-refractivity contribution in [3.05, 3.63) is 22.4 Å². The average Bonchev–Trinajstić information content (AvgIpc) is 2.87. The highest BCUT2D eigenvalue weighted by Crippen LogP contribution is 2.24. The van der Waals surface area contributed by atoms with Crippen molar-refractivity contribution in [3.63, 3.8) is 0 Å². The van der Waals surface area contributed by atoms with Crippen LogP contribution in [-0.4, -0.2) is 19.3 Å². The Labute approximate surface area is 95.6 Å². The van der Waals surface area contributed by atoms with E-state index in [1.54, 1.807) is 11.3 Å². The molecule has 1 aliphatic rings. The number of nitrogens with one attached hydrogen (secondary N) is 1. The quantitative estimate of drug-likeness (QED) is 0.850. The fourth-order valence-electron chi connectivity index (χ4n) is 2.28. The van der Waals surface area contributed by atoms with Crippen LogP contribution in [0.25, 0.3) is 0 Å². The van der Waals surface area contributed by atoms with Gasteiger partial charge in [-0.2, -0.15) is 11.3 Å². The molecule has 2 nitrogen and oxygen atoms in total. The highest BCUT2D eigenvalue weighted by Gasteiger charge is 2.25. The Morgan fingerprint density at radius 1 is 1.53 bits per heavy atom. The summed E-state index contributed by atoms with van der Waals surface area (Å²) in [5, 5.41) is 8.03. The van der Waals surface area contributed by atoms with Crippen LogP contribution in [0.15, 0.2) is 16.8 Å². The standard InChI is InChI=1S/C12H19NOS/c1-9(10-5-6-15-8-10)13-11-3-4-12(7-11)14-2/h5-6,8-9,11-13H,3-4,7H2,1-2H3. The first kappa shape index (κ1) is 11.1. The largest absolute Gasteiger partial charge is 0.381 e. The van der Waals surface area contributed by atoms with Crippen LogP contribution in [0.4, 0.5) is 0 Å². The lowest BCUT2D eigenvalue weighted by molar-refractivity contribution is 0.106. The zero-order valence-electron chi connectivity index (χ0n) is 9.40. The van der Waals surface area contributed by atoms with Gasteiger partial charge in [-0.3, -0.25) is 0 Å². The summed E-state index contributed by atoms with van der Waals surface area (Å²) in [6.45, 7) is 2.24. The van der Waals surface area contributed by atoms with E-state index in [-0.39, 0.29) is 0 Å². The van der Waals surface area contributed by atoms with Crippen molar-refractivity contribution < 1.29 is 4.74 Å². The SMILES string of the molecule is COC1CCC(NC(C)c2ccsc2)C1. The Morgan fingerprint density at radius 3 is 3.00 bits per heavy atom. The second kappa shape index (κ2) is 5.10. The van der Waals surface area contributed by atoms with E-state index >= 15 is 0 Å². The highest BCUT2D eigenvalue weighted by molar-refractivity contribution is 7.07. The number of ether oxygens (including phenoxy) is 1. The molecule has 0 amide bonds. The van der Waals surface area contributed by atoms with Crippen LogP contribution in [-0.2, 0) is 4.74 Å². The van der Waals surface area contributed by atoms with Crippen molar-refractivity contribution in [1.82, 2.24) is 5.32 Å². The van der Waals surface area contributed by atoms with Gasteiger partial charge in [0.05, 0.1) is 6.10 Å². The summed E-state index contributed by atoms with van der Waals surface area (Å²) in [6.07, 6.45) is 4.07. The lowest BCUT2D eigenvalue weighted by Gasteiger charge is -2.18. The van der Waals surface area contributed by atoms with Crippen LogP contribution in [0, 0.1) is 0 Å². The number of rotatable bonds is 4. The van der Waals surface area contributed by atoms with Crippen LogP contribution >= 0.6 is 11.3 Å². The zero-order chi connectivity index (χ0) is 10.7. The molecule has 1 aliphatic carbocycles. The lowest BCUT2D eigenvalue weighted by atomic mass is 10.1. The Morgan fingerprint density at radius 2 is 2.40 bits per heavy atom. The molecular formula is C12H19NOS. The first-order valence-electron chi connectivity index (χ1n) is 5.60. The van der Waals surface area contributed by atoms with Gasteiger partial charge in [0.15, 0.2) is 0 Å². The summed E-state index contributed by atoms with van der Waals surface area (Å²) in [6, 6.07) is 3.30. The first-order chi connectivity index (χ1) is 7.29. The molecule has 3 unspecified atom stereocenters. The molecule has 3 heteroatoms. The van der Waals surface area contributed by atoms with Gasteiger partial charge in [0.1, 0.15) is 0 Å².